The molecule has 3 aromatic heterocycles. The predicted octanol–water partition coefficient (Wildman–Crippen LogP) is 3.18. The van der Waals surface area contributed by atoms with Crippen LogP contribution in [-0.4, -0.2) is 62.4 Å². The van der Waals surface area contributed by atoms with Gasteiger partial charge in [0.15, 0.2) is 27.3 Å². The third-order valence-corrected chi connectivity index (χ3v) is 9.02. The van der Waals surface area contributed by atoms with Crippen LogP contribution in [0.5, 0.6) is 5.75 Å². The van der Waals surface area contributed by atoms with Crippen LogP contribution in [0.25, 0.3) is 17.1 Å². The van der Waals surface area contributed by atoms with Gasteiger partial charge in [-0.2, -0.15) is 5.10 Å². The second kappa shape index (κ2) is 10.3. The van der Waals surface area contributed by atoms with E-state index >= 15 is 0 Å². The van der Waals surface area contributed by atoms with Gasteiger partial charge in [0, 0.05) is 31.7 Å². The van der Waals surface area contributed by atoms with Gasteiger partial charge in [-0.25, -0.2) is 18.4 Å². The van der Waals surface area contributed by atoms with Crippen molar-refractivity contribution in [3.63, 3.8) is 0 Å². The number of ether oxygens (including phenoxy) is 2. The van der Waals surface area contributed by atoms with Crippen LogP contribution in [0.1, 0.15) is 47.9 Å². The molecular formula is C26H31N7O4S. The summed E-state index contributed by atoms with van der Waals surface area (Å²) in [5.74, 6) is 1.34. The Balaban J connectivity index is 1.60. The maximum atomic E-state index is 13.8. The van der Waals surface area contributed by atoms with Gasteiger partial charge < -0.3 is 9.47 Å². The van der Waals surface area contributed by atoms with Gasteiger partial charge in [0.2, 0.25) is 0 Å². The molecule has 0 amide bonds. The first-order chi connectivity index (χ1) is 18.2. The van der Waals surface area contributed by atoms with Crippen LogP contribution in [0.15, 0.2) is 36.8 Å². The molecule has 5 rings (SSSR count). The Morgan fingerprint density at radius 3 is 2.55 bits per heavy atom. The minimum Gasteiger partial charge on any atom is -0.495 e. The Morgan fingerprint density at radius 1 is 1.08 bits per heavy atom. The van der Waals surface area contributed by atoms with Crippen molar-refractivity contribution in [3.8, 4) is 22.8 Å². The molecule has 0 N–H and O–H groups in total. The zero-order valence-electron chi connectivity index (χ0n) is 22.1. The summed E-state index contributed by atoms with van der Waals surface area (Å²) in [6.07, 6.45) is 6.08. The summed E-state index contributed by atoms with van der Waals surface area (Å²) in [6.45, 7) is 6.26. The summed E-state index contributed by atoms with van der Waals surface area (Å²) in [5.41, 5.74) is 4.35. The minimum absolute atomic E-state index is 0.275. The van der Waals surface area contributed by atoms with E-state index in [9.17, 15) is 8.42 Å². The van der Waals surface area contributed by atoms with Crippen molar-refractivity contribution in [1.29, 1.82) is 0 Å². The maximum Gasteiger partial charge on any atom is 0.172 e. The van der Waals surface area contributed by atoms with Crippen LogP contribution in [-0.2, 0) is 33.3 Å². The first-order valence-electron chi connectivity index (χ1n) is 12.4. The van der Waals surface area contributed by atoms with Gasteiger partial charge in [0.1, 0.15) is 17.6 Å². The maximum absolute atomic E-state index is 13.8. The monoisotopic (exact) mass is 537 g/mol. The molecule has 0 saturated carbocycles. The molecule has 0 saturated heterocycles. The van der Waals surface area contributed by atoms with E-state index in [0.29, 0.717) is 23.1 Å². The Hall–Kier alpha value is -3.64. The van der Waals surface area contributed by atoms with E-state index < -0.39 is 21.2 Å². The van der Waals surface area contributed by atoms with E-state index in [4.69, 9.17) is 9.47 Å². The van der Waals surface area contributed by atoms with Gasteiger partial charge in [0.05, 0.1) is 29.8 Å². The Kier molecular flexibility index (Phi) is 7.01. The zero-order valence-corrected chi connectivity index (χ0v) is 22.9. The van der Waals surface area contributed by atoms with Crippen LogP contribution in [0.2, 0.25) is 0 Å². The average Bonchev–Trinajstić information content (AvgIpc) is 3.62. The molecule has 0 bridgehead atoms. The Morgan fingerprint density at radius 2 is 1.84 bits per heavy atom. The third-order valence-electron chi connectivity index (χ3n) is 6.98. The summed E-state index contributed by atoms with van der Waals surface area (Å²) in [4.78, 5) is 8.60. The predicted molar refractivity (Wildman–Crippen MR) is 141 cm³/mol. The number of aromatic nitrogens is 7. The SMILES string of the molecule is COc1cccc(C)c1-n1c(CS(=O)(=O)[C@@H](C)[C@H](OC)c2ncc(C)cn2)nnc1-c1cnn2c1CCC2. The van der Waals surface area contributed by atoms with Crippen molar-refractivity contribution in [1.82, 2.24) is 34.5 Å². The topological polar surface area (TPSA) is 127 Å². The van der Waals surface area contributed by atoms with Gasteiger partial charge >= 0.3 is 0 Å². The molecule has 4 heterocycles. The number of para-hydroxylation sites is 1. The fraction of sp³-hybridized carbons (Fsp3) is 0.423. The van der Waals surface area contributed by atoms with E-state index in [1.165, 1.54) is 7.11 Å². The zero-order chi connectivity index (χ0) is 27.0. The molecule has 12 heteroatoms. The molecule has 11 nitrogen and oxygen atoms in total. The van der Waals surface area contributed by atoms with Crippen LogP contribution in [0.4, 0.5) is 0 Å². The lowest BCUT2D eigenvalue weighted by Gasteiger charge is -2.22. The standard InChI is InChI=1S/C26H31N7O4S/c1-16-12-27-25(28-13-16)24(37-5)18(3)38(34,35)15-22-30-31-26(19-14-29-32-11-7-9-20(19)32)33(22)23-17(2)8-6-10-21(23)36-4/h6,8,10,12-14,18,24H,7,9,11,15H2,1-5H3/t18-,24-/m0/s1. The summed E-state index contributed by atoms with van der Waals surface area (Å²) < 4.78 is 42.6. The van der Waals surface area contributed by atoms with Gasteiger partial charge in [-0.3, -0.25) is 9.25 Å². The van der Waals surface area contributed by atoms with Crippen molar-refractivity contribution in [3.05, 3.63) is 65.3 Å². The second-order valence-electron chi connectivity index (χ2n) is 9.52. The molecule has 4 aromatic rings. The van der Waals surface area contributed by atoms with Crippen molar-refractivity contribution in [2.75, 3.05) is 14.2 Å². The van der Waals surface area contributed by atoms with E-state index in [2.05, 4.69) is 25.3 Å². The number of rotatable bonds is 9. The number of nitrogens with zero attached hydrogens (tertiary/aromatic N) is 7. The van der Waals surface area contributed by atoms with Crippen LogP contribution in [0, 0.1) is 13.8 Å². The van der Waals surface area contributed by atoms with Gasteiger partial charge in [0.25, 0.3) is 0 Å². The molecule has 2 atom stereocenters. The van der Waals surface area contributed by atoms with Crippen molar-refractivity contribution >= 4 is 9.84 Å². The smallest absolute Gasteiger partial charge is 0.172 e. The third kappa shape index (κ3) is 4.58. The molecule has 0 fully saturated rings. The summed E-state index contributed by atoms with van der Waals surface area (Å²) in [5, 5.41) is 12.5. The number of hydrogen-bond acceptors (Lipinski definition) is 9. The summed E-state index contributed by atoms with van der Waals surface area (Å²) in [7, 11) is -0.759. The molecule has 0 aliphatic carbocycles. The first kappa shape index (κ1) is 26.0. The van der Waals surface area contributed by atoms with Crippen LogP contribution < -0.4 is 4.74 Å². The molecular weight excluding hydrogens is 506 g/mol. The Bertz CT molecular complexity index is 1560. The molecule has 200 valence electrons. The number of aryl methyl sites for hydroxylation is 3. The second-order valence-corrected chi connectivity index (χ2v) is 11.9. The molecule has 1 aliphatic heterocycles. The quantitative estimate of drug-likeness (QED) is 0.316. The van der Waals surface area contributed by atoms with E-state index in [0.717, 1.165) is 41.8 Å². The largest absolute Gasteiger partial charge is 0.495 e. The number of benzene rings is 1. The van der Waals surface area contributed by atoms with Gasteiger partial charge in [-0.15, -0.1) is 10.2 Å². The van der Waals surface area contributed by atoms with E-state index in [1.807, 2.05) is 36.7 Å². The molecule has 0 unspecified atom stereocenters. The van der Waals surface area contributed by atoms with Crippen molar-refractivity contribution in [2.45, 2.75) is 57.3 Å². The van der Waals surface area contributed by atoms with Crippen molar-refractivity contribution < 1.29 is 17.9 Å². The lowest BCUT2D eigenvalue weighted by molar-refractivity contribution is 0.0947. The van der Waals surface area contributed by atoms with Gasteiger partial charge in [-0.1, -0.05) is 12.1 Å². The lowest BCUT2D eigenvalue weighted by atomic mass is 10.1. The number of hydrogen-bond donors (Lipinski definition) is 0. The highest BCUT2D eigenvalue weighted by molar-refractivity contribution is 7.91. The summed E-state index contributed by atoms with van der Waals surface area (Å²) >= 11 is 0. The molecule has 0 spiro atoms. The van der Waals surface area contributed by atoms with E-state index in [-0.39, 0.29) is 11.6 Å². The highest BCUT2D eigenvalue weighted by Crippen LogP contribution is 2.35. The normalized spacial score (nSPS) is 14.9. The average molecular weight is 538 g/mol. The van der Waals surface area contributed by atoms with Crippen LogP contribution >= 0.6 is 0 Å². The number of sulfone groups is 1. The van der Waals surface area contributed by atoms with E-state index in [1.54, 1.807) is 37.2 Å². The highest BCUT2D eigenvalue weighted by Gasteiger charge is 2.35. The molecule has 1 aliphatic rings. The molecule has 38 heavy (non-hydrogen) atoms. The number of fused-ring (bicyclic) bond motifs is 1. The van der Waals surface area contributed by atoms with Gasteiger partial charge in [-0.05, 0) is 50.8 Å². The summed E-state index contributed by atoms with van der Waals surface area (Å²) in [6, 6.07) is 5.67. The molecule has 1 aromatic carbocycles. The van der Waals surface area contributed by atoms with Crippen LogP contribution in [0.3, 0.4) is 0 Å². The Labute approximate surface area is 221 Å². The lowest BCUT2D eigenvalue weighted by Crippen LogP contribution is -2.30. The highest BCUT2D eigenvalue weighted by atomic mass is 32.2. The fourth-order valence-corrected chi connectivity index (χ4v) is 6.33. The molecule has 0 radical (unpaired) electrons. The fourth-order valence-electron chi connectivity index (χ4n) is 4.91. The van der Waals surface area contributed by atoms with Crippen molar-refractivity contribution in [2.24, 2.45) is 0 Å². The minimum atomic E-state index is -3.80. The number of methoxy groups -OCH3 is 2. The first-order valence-corrected chi connectivity index (χ1v) is 14.1.